The largest absolute Gasteiger partial charge is 0.497 e. The SMILES string of the molecule is COc1ccc(CN2C(=O)/C(=C/c3cn(-c4ccccc4)nc3-c3cccc(S(=O)(=O)N4CCOCC4)c3)SC2=S)cc1. The van der Waals surface area contributed by atoms with Crippen LogP contribution >= 0.6 is 24.0 Å². The van der Waals surface area contributed by atoms with E-state index in [2.05, 4.69) is 0 Å². The number of hydrogen-bond donors (Lipinski definition) is 0. The number of sulfonamides is 1. The van der Waals surface area contributed by atoms with Gasteiger partial charge in [-0.3, -0.25) is 9.69 Å². The number of hydrogen-bond acceptors (Lipinski definition) is 8. The molecule has 6 rings (SSSR count). The summed E-state index contributed by atoms with van der Waals surface area (Å²) in [6.07, 6.45) is 3.61. The Hall–Kier alpha value is -3.81. The number of ether oxygens (including phenoxy) is 2. The Labute approximate surface area is 259 Å². The zero-order valence-electron chi connectivity index (χ0n) is 23.3. The number of amides is 1. The molecule has 4 aromatic rings. The van der Waals surface area contributed by atoms with Gasteiger partial charge in [-0.25, -0.2) is 13.1 Å². The minimum Gasteiger partial charge on any atom is -0.497 e. The number of morpholine rings is 1. The van der Waals surface area contributed by atoms with Crippen LogP contribution in [0, 0.1) is 0 Å². The smallest absolute Gasteiger partial charge is 0.266 e. The number of rotatable bonds is 8. The Balaban J connectivity index is 1.36. The molecule has 2 fully saturated rings. The van der Waals surface area contributed by atoms with E-state index < -0.39 is 10.0 Å². The zero-order chi connectivity index (χ0) is 30.0. The zero-order valence-corrected chi connectivity index (χ0v) is 25.7. The number of para-hydroxylation sites is 1. The maximum atomic E-state index is 13.5. The third-order valence-electron chi connectivity index (χ3n) is 7.14. The second kappa shape index (κ2) is 12.4. The maximum absolute atomic E-state index is 13.5. The molecule has 0 N–H and O–H groups in total. The molecule has 1 aromatic heterocycles. The highest BCUT2D eigenvalue weighted by Gasteiger charge is 2.33. The molecule has 12 heteroatoms. The molecule has 2 aliphatic rings. The van der Waals surface area contributed by atoms with Crippen LogP contribution in [0.4, 0.5) is 0 Å². The highest BCUT2D eigenvalue weighted by molar-refractivity contribution is 8.26. The monoisotopic (exact) mass is 632 g/mol. The van der Waals surface area contributed by atoms with Crippen LogP contribution in [0.5, 0.6) is 5.75 Å². The van der Waals surface area contributed by atoms with Crippen molar-refractivity contribution in [3.8, 4) is 22.7 Å². The van der Waals surface area contributed by atoms with Crippen LogP contribution < -0.4 is 4.74 Å². The number of thioether (sulfide) groups is 1. The summed E-state index contributed by atoms with van der Waals surface area (Å²) in [5.41, 5.74) is 3.57. The molecule has 0 bridgehead atoms. The van der Waals surface area contributed by atoms with Crippen molar-refractivity contribution in [3.63, 3.8) is 0 Å². The lowest BCUT2D eigenvalue weighted by atomic mass is 10.1. The van der Waals surface area contributed by atoms with Gasteiger partial charge in [0.1, 0.15) is 15.8 Å². The van der Waals surface area contributed by atoms with Crippen LogP contribution in [0.2, 0.25) is 0 Å². The molecule has 0 saturated carbocycles. The summed E-state index contributed by atoms with van der Waals surface area (Å²) in [6, 6.07) is 23.9. The summed E-state index contributed by atoms with van der Waals surface area (Å²) in [7, 11) is -2.11. The minimum atomic E-state index is -3.72. The summed E-state index contributed by atoms with van der Waals surface area (Å²) in [5, 5.41) is 4.84. The van der Waals surface area contributed by atoms with Gasteiger partial charge in [0.15, 0.2) is 0 Å². The van der Waals surface area contributed by atoms with Gasteiger partial charge in [0.2, 0.25) is 10.0 Å². The molecule has 0 atom stereocenters. The predicted molar refractivity (Wildman–Crippen MR) is 170 cm³/mol. The molecule has 9 nitrogen and oxygen atoms in total. The van der Waals surface area contributed by atoms with Crippen LogP contribution in [-0.2, 0) is 26.1 Å². The average molecular weight is 633 g/mol. The van der Waals surface area contributed by atoms with Crippen LogP contribution in [0.15, 0.2) is 94.9 Å². The normalized spacial score (nSPS) is 17.1. The van der Waals surface area contributed by atoms with Crippen LogP contribution in [-0.4, -0.2) is 71.0 Å². The molecule has 220 valence electrons. The number of benzene rings is 3. The molecular weight excluding hydrogens is 605 g/mol. The Morgan fingerprint density at radius 1 is 1.02 bits per heavy atom. The highest BCUT2D eigenvalue weighted by Crippen LogP contribution is 2.36. The second-order valence-corrected chi connectivity index (χ2v) is 13.5. The van der Waals surface area contributed by atoms with E-state index in [9.17, 15) is 13.2 Å². The van der Waals surface area contributed by atoms with Crippen molar-refractivity contribution in [1.82, 2.24) is 19.0 Å². The molecule has 2 saturated heterocycles. The van der Waals surface area contributed by atoms with E-state index >= 15 is 0 Å². The van der Waals surface area contributed by atoms with E-state index in [4.69, 9.17) is 26.8 Å². The molecule has 43 heavy (non-hydrogen) atoms. The fraction of sp³-hybridized carbons (Fsp3) is 0.194. The molecule has 1 amide bonds. The van der Waals surface area contributed by atoms with E-state index in [1.54, 1.807) is 41.0 Å². The van der Waals surface area contributed by atoms with E-state index in [0.29, 0.717) is 58.9 Å². The third kappa shape index (κ3) is 6.15. The molecule has 3 aromatic carbocycles. The molecule has 2 aliphatic heterocycles. The van der Waals surface area contributed by atoms with Gasteiger partial charge in [0, 0.05) is 30.4 Å². The second-order valence-electron chi connectivity index (χ2n) is 9.87. The van der Waals surface area contributed by atoms with Crippen molar-refractivity contribution in [2.24, 2.45) is 0 Å². The Morgan fingerprint density at radius 2 is 1.77 bits per heavy atom. The first-order valence-electron chi connectivity index (χ1n) is 13.6. The van der Waals surface area contributed by atoms with Gasteiger partial charge in [0.05, 0.1) is 42.4 Å². The van der Waals surface area contributed by atoms with Gasteiger partial charge in [-0.15, -0.1) is 0 Å². The van der Waals surface area contributed by atoms with Gasteiger partial charge < -0.3 is 9.47 Å². The lowest BCUT2D eigenvalue weighted by Crippen LogP contribution is -2.40. The lowest BCUT2D eigenvalue weighted by molar-refractivity contribution is -0.122. The van der Waals surface area contributed by atoms with E-state index in [-0.39, 0.29) is 10.8 Å². The molecule has 3 heterocycles. The van der Waals surface area contributed by atoms with Crippen molar-refractivity contribution in [2.45, 2.75) is 11.4 Å². The summed E-state index contributed by atoms with van der Waals surface area (Å²) < 4.78 is 41.0. The van der Waals surface area contributed by atoms with Crippen molar-refractivity contribution >= 4 is 50.3 Å². The Morgan fingerprint density at radius 3 is 2.49 bits per heavy atom. The number of carbonyl (C=O) groups is 1. The molecule has 0 unspecified atom stereocenters. The van der Waals surface area contributed by atoms with E-state index in [1.165, 1.54) is 16.1 Å². The molecule has 0 radical (unpaired) electrons. The Kier molecular flexibility index (Phi) is 8.46. The van der Waals surface area contributed by atoms with Gasteiger partial charge in [-0.2, -0.15) is 9.40 Å². The predicted octanol–water partition coefficient (Wildman–Crippen LogP) is 4.97. The van der Waals surface area contributed by atoms with Gasteiger partial charge in [0.25, 0.3) is 5.91 Å². The van der Waals surface area contributed by atoms with Crippen LogP contribution in [0.25, 0.3) is 23.0 Å². The van der Waals surface area contributed by atoms with Crippen LogP contribution in [0.3, 0.4) is 0 Å². The fourth-order valence-corrected chi connectivity index (χ4v) is 7.56. The standard InChI is InChI=1S/C31H28N4O5S3/c1-39-26-12-10-22(11-13-26)20-34-30(36)28(42-31(34)41)19-24-21-35(25-7-3-2-4-8-25)32-29(24)23-6-5-9-27(18-23)43(37,38)33-14-16-40-17-15-33/h2-13,18-19,21H,14-17,20H2,1H3/b28-19-. The number of methoxy groups -OCH3 is 1. The third-order valence-corrected chi connectivity index (χ3v) is 10.4. The first kappa shape index (κ1) is 29.3. The number of thiocarbonyl (C=S) groups is 1. The average Bonchev–Trinajstić information content (AvgIpc) is 3.58. The Bertz CT molecular complexity index is 1800. The molecule has 0 spiro atoms. The summed E-state index contributed by atoms with van der Waals surface area (Å²) in [5.74, 6) is 0.534. The first-order chi connectivity index (χ1) is 20.8. The number of nitrogens with zero attached hydrogens (tertiary/aromatic N) is 4. The van der Waals surface area contributed by atoms with E-state index in [0.717, 1.165) is 17.0 Å². The molecule has 0 aliphatic carbocycles. The highest BCUT2D eigenvalue weighted by atomic mass is 32.2. The van der Waals surface area contributed by atoms with Gasteiger partial charge >= 0.3 is 0 Å². The van der Waals surface area contributed by atoms with Crippen molar-refractivity contribution in [1.29, 1.82) is 0 Å². The minimum absolute atomic E-state index is 0.179. The quantitative estimate of drug-likeness (QED) is 0.199. The van der Waals surface area contributed by atoms with Gasteiger partial charge in [-0.1, -0.05) is 66.4 Å². The van der Waals surface area contributed by atoms with Gasteiger partial charge in [-0.05, 0) is 48.0 Å². The summed E-state index contributed by atoms with van der Waals surface area (Å²) in [6.45, 7) is 1.67. The lowest BCUT2D eigenvalue weighted by Gasteiger charge is -2.26. The van der Waals surface area contributed by atoms with Crippen molar-refractivity contribution in [3.05, 3.63) is 101 Å². The van der Waals surface area contributed by atoms with E-state index in [1.807, 2.05) is 66.9 Å². The first-order valence-corrected chi connectivity index (χ1v) is 16.2. The summed E-state index contributed by atoms with van der Waals surface area (Å²) in [4.78, 5) is 15.8. The number of aromatic nitrogens is 2. The summed E-state index contributed by atoms with van der Waals surface area (Å²) >= 11 is 6.82. The maximum Gasteiger partial charge on any atom is 0.266 e. The van der Waals surface area contributed by atoms with Crippen molar-refractivity contribution in [2.75, 3.05) is 33.4 Å². The fourth-order valence-electron chi connectivity index (χ4n) is 4.86. The topological polar surface area (TPSA) is 94.0 Å². The van der Waals surface area contributed by atoms with Crippen LogP contribution in [0.1, 0.15) is 11.1 Å². The van der Waals surface area contributed by atoms with Crippen molar-refractivity contribution < 1.29 is 22.7 Å². The number of carbonyl (C=O) groups excluding carboxylic acids is 1. The molecular formula is C31H28N4O5S3.